The number of ether oxygens (including phenoxy) is 1. The lowest BCUT2D eigenvalue weighted by Gasteiger charge is -2.48. The van der Waals surface area contributed by atoms with Crippen LogP contribution in [0.15, 0.2) is 42.5 Å². The van der Waals surface area contributed by atoms with Crippen LogP contribution < -0.4 is 15.4 Å². The highest BCUT2D eigenvalue weighted by Crippen LogP contribution is 2.40. The van der Waals surface area contributed by atoms with Crippen LogP contribution in [0.4, 0.5) is 29.1 Å². The van der Waals surface area contributed by atoms with Crippen LogP contribution in [0.1, 0.15) is 24.8 Å². The van der Waals surface area contributed by atoms with Crippen LogP contribution in [0.3, 0.4) is 0 Å². The van der Waals surface area contributed by atoms with Gasteiger partial charge in [-0.3, -0.25) is 0 Å². The zero-order valence-electron chi connectivity index (χ0n) is 22.0. The SMILES string of the molecule is N#Cc1ccc(-c2cc(NCC34CCN(CC3)CC4)nn2-c2ccc3c(c2)NCCO3)cc1F.O=C(O)C(F)(F)F. The van der Waals surface area contributed by atoms with Crippen LogP contribution in [0, 0.1) is 22.6 Å². The number of anilines is 2. The number of carboxylic acid groups (broad SMARTS) is 1. The molecule has 3 saturated heterocycles. The molecule has 5 heterocycles. The molecular weight excluding hydrogens is 544 g/mol. The topological polar surface area (TPSA) is 115 Å². The number of piperidine rings is 3. The number of hydrogen-bond acceptors (Lipinski definition) is 7. The lowest BCUT2D eigenvalue weighted by atomic mass is 9.72. The van der Waals surface area contributed by atoms with Crippen molar-refractivity contribution in [3.63, 3.8) is 0 Å². The fourth-order valence-corrected chi connectivity index (χ4v) is 5.33. The van der Waals surface area contributed by atoms with Crippen molar-refractivity contribution in [2.45, 2.75) is 25.4 Å². The van der Waals surface area contributed by atoms with Crippen molar-refractivity contribution in [3.8, 4) is 28.8 Å². The predicted octanol–water partition coefficient (Wildman–Crippen LogP) is 4.89. The third kappa shape index (κ3) is 6.22. The minimum absolute atomic E-state index is 0.0334. The van der Waals surface area contributed by atoms with E-state index in [-0.39, 0.29) is 5.56 Å². The first-order valence-corrected chi connectivity index (χ1v) is 13.1. The van der Waals surface area contributed by atoms with Crippen LogP contribution >= 0.6 is 0 Å². The first kappa shape index (κ1) is 28.2. The summed E-state index contributed by atoms with van der Waals surface area (Å²) < 4.78 is 53.8. The molecule has 0 atom stereocenters. The molecule has 2 aromatic carbocycles. The number of hydrogen-bond donors (Lipinski definition) is 3. The molecule has 216 valence electrons. The van der Waals surface area contributed by atoms with Gasteiger partial charge in [-0.1, -0.05) is 6.07 Å². The molecule has 0 aliphatic carbocycles. The maximum absolute atomic E-state index is 14.5. The Morgan fingerprint density at radius 2 is 1.85 bits per heavy atom. The van der Waals surface area contributed by atoms with E-state index in [1.54, 1.807) is 6.07 Å². The molecule has 0 spiro atoms. The number of rotatable bonds is 5. The van der Waals surface area contributed by atoms with Gasteiger partial charge in [0.15, 0.2) is 0 Å². The van der Waals surface area contributed by atoms with Gasteiger partial charge in [0.05, 0.1) is 22.6 Å². The average Bonchev–Trinajstić information content (AvgIpc) is 3.41. The summed E-state index contributed by atoms with van der Waals surface area (Å²) in [5, 5.41) is 28.1. The minimum atomic E-state index is -5.08. The number of aliphatic carboxylic acids is 1. The standard InChI is InChI=1S/C26H27FN6O.C2HF3O2/c27-21-13-18(1-2-19(21)16-28)23-15-25(30-17-26-5-9-32(10-6-26)11-7-26)31-33(23)20-3-4-24-22(14-20)29-8-12-34-24;3-2(4,5)1(6)7/h1-4,13-15,29H,5-12,17H2,(H,30,31);(H,6,7). The van der Waals surface area contributed by atoms with Crippen LogP contribution in [0.25, 0.3) is 16.9 Å². The van der Waals surface area contributed by atoms with E-state index in [4.69, 9.17) is 25.0 Å². The number of nitrogens with one attached hydrogen (secondary N) is 2. The molecule has 4 aliphatic rings. The highest BCUT2D eigenvalue weighted by atomic mass is 19.4. The van der Waals surface area contributed by atoms with Crippen molar-refractivity contribution in [3.05, 3.63) is 53.8 Å². The molecule has 1 aromatic heterocycles. The number of alkyl halides is 3. The van der Waals surface area contributed by atoms with E-state index in [1.165, 1.54) is 51.0 Å². The third-order valence-corrected chi connectivity index (χ3v) is 7.74. The second kappa shape index (κ2) is 11.3. The summed E-state index contributed by atoms with van der Waals surface area (Å²) in [6.45, 7) is 5.80. The minimum Gasteiger partial charge on any atom is -0.490 e. The molecular formula is C28H28F4N6O3. The monoisotopic (exact) mass is 572 g/mol. The molecule has 3 N–H and O–H groups in total. The van der Waals surface area contributed by atoms with Gasteiger partial charge in [0.1, 0.15) is 30.1 Å². The molecule has 0 saturated carbocycles. The van der Waals surface area contributed by atoms with Gasteiger partial charge in [0, 0.05) is 24.7 Å². The number of halogens is 4. The zero-order valence-corrected chi connectivity index (χ0v) is 22.0. The Bertz CT molecular complexity index is 1460. The van der Waals surface area contributed by atoms with Gasteiger partial charge in [-0.2, -0.15) is 18.4 Å². The molecule has 0 unspecified atom stereocenters. The maximum atomic E-state index is 14.5. The smallest absolute Gasteiger partial charge is 0.490 e. The number of benzene rings is 2. The molecule has 3 fully saturated rings. The molecule has 3 aromatic rings. The number of carbonyl (C=O) groups is 1. The second-order valence-corrected chi connectivity index (χ2v) is 10.3. The number of fused-ring (bicyclic) bond motifs is 4. The second-order valence-electron chi connectivity index (χ2n) is 10.3. The highest BCUT2D eigenvalue weighted by molar-refractivity contribution is 5.73. The van der Waals surface area contributed by atoms with E-state index < -0.39 is 18.0 Å². The largest absolute Gasteiger partial charge is 0.490 e. The van der Waals surface area contributed by atoms with Crippen molar-refractivity contribution in [1.82, 2.24) is 14.7 Å². The number of aromatic nitrogens is 2. The van der Waals surface area contributed by atoms with E-state index in [0.717, 1.165) is 41.7 Å². The Hall–Kier alpha value is -4.31. The van der Waals surface area contributed by atoms with Gasteiger partial charge in [-0.15, -0.1) is 5.10 Å². The van der Waals surface area contributed by atoms with Gasteiger partial charge in [-0.05, 0) is 74.6 Å². The van der Waals surface area contributed by atoms with E-state index in [2.05, 4.69) is 15.5 Å². The van der Waals surface area contributed by atoms with Gasteiger partial charge < -0.3 is 25.4 Å². The Kier molecular flexibility index (Phi) is 7.77. The van der Waals surface area contributed by atoms with Crippen LogP contribution in [0.5, 0.6) is 5.75 Å². The van der Waals surface area contributed by atoms with Gasteiger partial charge in [-0.25, -0.2) is 13.9 Å². The average molecular weight is 573 g/mol. The highest BCUT2D eigenvalue weighted by Gasteiger charge is 2.39. The summed E-state index contributed by atoms with van der Waals surface area (Å²) in [5.74, 6) is -1.71. The Morgan fingerprint density at radius 1 is 1.15 bits per heavy atom. The summed E-state index contributed by atoms with van der Waals surface area (Å²) in [7, 11) is 0. The van der Waals surface area contributed by atoms with Crippen molar-refractivity contribution >= 4 is 17.5 Å². The summed E-state index contributed by atoms with van der Waals surface area (Å²) in [5.41, 5.74) is 3.56. The molecule has 41 heavy (non-hydrogen) atoms. The first-order chi connectivity index (χ1) is 19.6. The summed E-state index contributed by atoms with van der Waals surface area (Å²) in [6.07, 6.45) is -1.44. The van der Waals surface area contributed by atoms with E-state index in [1.807, 2.05) is 35.0 Å². The number of nitrogens with zero attached hydrogens (tertiary/aromatic N) is 4. The zero-order chi connectivity index (χ0) is 29.2. The molecule has 13 heteroatoms. The van der Waals surface area contributed by atoms with Gasteiger partial charge in [0.2, 0.25) is 0 Å². The van der Waals surface area contributed by atoms with Gasteiger partial charge in [0.25, 0.3) is 0 Å². The molecule has 7 rings (SSSR count). The summed E-state index contributed by atoms with van der Waals surface area (Å²) in [4.78, 5) is 11.4. The summed E-state index contributed by atoms with van der Waals surface area (Å²) in [6, 6.07) is 14.5. The third-order valence-electron chi connectivity index (χ3n) is 7.74. The normalized spacial score (nSPS) is 20.9. The van der Waals surface area contributed by atoms with Gasteiger partial charge >= 0.3 is 12.1 Å². The molecule has 9 nitrogen and oxygen atoms in total. The number of carboxylic acids is 1. The Balaban J connectivity index is 0.000000431. The summed E-state index contributed by atoms with van der Waals surface area (Å²) >= 11 is 0. The van der Waals surface area contributed by atoms with Crippen molar-refractivity contribution in [1.29, 1.82) is 5.26 Å². The Labute approximate surface area is 233 Å². The number of nitriles is 1. The van der Waals surface area contributed by atoms with Crippen LogP contribution in [-0.4, -0.2) is 71.3 Å². The first-order valence-electron chi connectivity index (χ1n) is 13.1. The van der Waals surface area contributed by atoms with Crippen molar-refractivity contribution in [2.24, 2.45) is 5.41 Å². The van der Waals surface area contributed by atoms with E-state index >= 15 is 0 Å². The quantitative estimate of drug-likeness (QED) is 0.371. The lowest BCUT2D eigenvalue weighted by molar-refractivity contribution is -0.192. The molecule has 4 aliphatic heterocycles. The lowest BCUT2D eigenvalue weighted by Crippen LogP contribution is -2.50. The molecule has 0 amide bonds. The predicted molar refractivity (Wildman–Crippen MR) is 143 cm³/mol. The maximum Gasteiger partial charge on any atom is 0.490 e. The van der Waals surface area contributed by atoms with Crippen molar-refractivity contribution < 1.29 is 32.2 Å². The van der Waals surface area contributed by atoms with E-state index in [0.29, 0.717) is 17.6 Å². The molecule has 0 radical (unpaired) electrons. The van der Waals surface area contributed by atoms with Crippen molar-refractivity contribution in [2.75, 3.05) is 50.0 Å². The van der Waals surface area contributed by atoms with Crippen LogP contribution in [0.2, 0.25) is 0 Å². The fourth-order valence-electron chi connectivity index (χ4n) is 5.33. The Morgan fingerprint density at radius 3 is 2.49 bits per heavy atom. The van der Waals surface area contributed by atoms with Crippen LogP contribution in [-0.2, 0) is 4.79 Å². The van der Waals surface area contributed by atoms with E-state index in [9.17, 15) is 17.6 Å². The molecule has 2 bridgehead atoms. The fraction of sp³-hybridized carbons (Fsp3) is 0.393.